The van der Waals surface area contributed by atoms with E-state index >= 15 is 0 Å². The van der Waals surface area contributed by atoms with E-state index in [-0.39, 0.29) is 12.1 Å². The van der Waals surface area contributed by atoms with Crippen LogP contribution in [0.2, 0.25) is 0 Å². The second-order valence-corrected chi connectivity index (χ2v) is 6.82. The van der Waals surface area contributed by atoms with Gasteiger partial charge in [0.15, 0.2) is 0 Å². The lowest BCUT2D eigenvalue weighted by Crippen LogP contribution is -2.38. The van der Waals surface area contributed by atoms with Crippen LogP contribution in [0.1, 0.15) is 32.3 Å². The van der Waals surface area contributed by atoms with Crippen molar-refractivity contribution in [1.82, 2.24) is 4.31 Å². The van der Waals surface area contributed by atoms with Crippen LogP contribution >= 0.6 is 0 Å². The predicted molar refractivity (Wildman–Crippen MR) is 68.4 cm³/mol. The fourth-order valence-corrected chi connectivity index (χ4v) is 4.11. The Bertz CT molecular complexity index is 502. The van der Waals surface area contributed by atoms with Crippen molar-refractivity contribution in [3.63, 3.8) is 0 Å². The SMILES string of the molecule is Cc1cccc(S(=O)(=O)N(C(C)C)C2CC2)c1. The number of rotatable bonds is 4. The zero-order valence-corrected chi connectivity index (χ0v) is 11.4. The van der Waals surface area contributed by atoms with Crippen molar-refractivity contribution in [2.24, 2.45) is 0 Å². The highest BCUT2D eigenvalue weighted by atomic mass is 32.2. The van der Waals surface area contributed by atoms with Crippen molar-refractivity contribution in [3.05, 3.63) is 29.8 Å². The molecule has 0 saturated heterocycles. The van der Waals surface area contributed by atoms with E-state index in [2.05, 4.69) is 0 Å². The van der Waals surface area contributed by atoms with Gasteiger partial charge in [0.05, 0.1) is 4.90 Å². The minimum Gasteiger partial charge on any atom is -0.207 e. The zero-order chi connectivity index (χ0) is 12.6. The topological polar surface area (TPSA) is 37.4 Å². The Morgan fingerprint density at radius 3 is 2.41 bits per heavy atom. The highest BCUT2D eigenvalue weighted by Gasteiger charge is 2.39. The van der Waals surface area contributed by atoms with Crippen LogP contribution in [0.3, 0.4) is 0 Å². The molecule has 0 heterocycles. The minimum absolute atomic E-state index is 0.0213. The number of benzene rings is 1. The van der Waals surface area contributed by atoms with Crippen LogP contribution in [0, 0.1) is 6.92 Å². The van der Waals surface area contributed by atoms with Gasteiger partial charge in [-0.25, -0.2) is 8.42 Å². The summed E-state index contributed by atoms with van der Waals surface area (Å²) in [5.74, 6) is 0. The average molecular weight is 253 g/mol. The fourth-order valence-electron chi connectivity index (χ4n) is 2.12. The molecular weight excluding hydrogens is 234 g/mol. The molecule has 0 atom stereocenters. The number of hydrogen-bond acceptors (Lipinski definition) is 2. The van der Waals surface area contributed by atoms with Gasteiger partial charge >= 0.3 is 0 Å². The van der Waals surface area contributed by atoms with Crippen LogP contribution in [0.5, 0.6) is 0 Å². The molecule has 1 aliphatic carbocycles. The van der Waals surface area contributed by atoms with Gasteiger partial charge in [0, 0.05) is 12.1 Å². The standard InChI is InChI=1S/C13H19NO2S/c1-10(2)14(12-7-8-12)17(15,16)13-6-4-5-11(3)9-13/h4-6,9-10,12H,7-8H2,1-3H3. The van der Waals surface area contributed by atoms with Gasteiger partial charge in [-0.15, -0.1) is 0 Å². The summed E-state index contributed by atoms with van der Waals surface area (Å²) in [5.41, 5.74) is 0.977. The third kappa shape index (κ3) is 2.53. The Labute approximate surface area is 104 Å². The third-order valence-electron chi connectivity index (χ3n) is 2.98. The Morgan fingerprint density at radius 2 is 1.94 bits per heavy atom. The highest BCUT2D eigenvalue weighted by Crippen LogP contribution is 2.33. The van der Waals surface area contributed by atoms with Gasteiger partial charge in [-0.1, -0.05) is 12.1 Å². The largest absolute Gasteiger partial charge is 0.243 e. The second-order valence-electron chi connectivity index (χ2n) is 4.98. The van der Waals surface area contributed by atoms with Crippen LogP contribution in [0.15, 0.2) is 29.2 Å². The van der Waals surface area contributed by atoms with Crippen molar-refractivity contribution in [3.8, 4) is 0 Å². The summed E-state index contributed by atoms with van der Waals surface area (Å²) in [6.45, 7) is 5.78. The molecule has 3 nitrogen and oxygen atoms in total. The average Bonchev–Trinajstić information content (AvgIpc) is 3.01. The molecule has 94 valence electrons. The third-order valence-corrected chi connectivity index (χ3v) is 5.11. The molecule has 0 unspecified atom stereocenters. The Kier molecular flexibility index (Phi) is 3.27. The molecule has 0 amide bonds. The quantitative estimate of drug-likeness (QED) is 0.827. The highest BCUT2D eigenvalue weighted by molar-refractivity contribution is 7.89. The van der Waals surface area contributed by atoms with Crippen LogP contribution in [-0.4, -0.2) is 24.8 Å². The van der Waals surface area contributed by atoms with Gasteiger partial charge in [0.1, 0.15) is 0 Å². The molecule has 0 radical (unpaired) electrons. The Hall–Kier alpha value is -0.870. The number of sulfonamides is 1. The van der Waals surface area contributed by atoms with E-state index in [1.165, 1.54) is 0 Å². The van der Waals surface area contributed by atoms with E-state index in [0.29, 0.717) is 4.90 Å². The van der Waals surface area contributed by atoms with E-state index in [0.717, 1.165) is 18.4 Å². The Morgan fingerprint density at radius 1 is 1.29 bits per heavy atom. The number of hydrogen-bond donors (Lipinski definition) is 0. The van der Waals surface area contributed by atoms with E-state index < -0.39 is 10.0 Å². The molecular formula is C13H19NO2S. The molecule has 17 heavy (non-hydrogen) atoms. The molecule has 1 aromatic rings. The lowest BCUT2D eigenvalue weighted by atomic mass is 10.2. The van der Waals surface area contributed by atoms with Gasteiger partial charge in [-0.3, -0.25) is 0 Å². The maximum absolute atomic E-state index is 12.5. The van der Waals surface area contributed by atoms with Crippen LogP contribution < -0.4 is 0 Å². The molecule has 1 fully saturated rings. The van der Waals surface area contributed by atoms with Crippen LogP contribution in [0.4, 0.5) is 0 Å². The van der Waals surface area contributed by atoms with Gasteiger partial charge < -0.3 is 0 Å². The molecule has 1 saturated carbocycles. The van der Waals surface area contributed by atoms with Crippen LogP contribution in [-0.2, 0) is 10.0 Å². The molecule has 0 aliphatic heterocycles. The Balaban J connectivity index is 2.40. The summed E-state index contributed by atoms with van der Waals surface area (Å²) in [5, 5.41) is 0. The number of nitrogens with zero attached hydrogens (tertiary/aromatic N) is 1. The van der Waals surface area contributed by atoms with Crippen molar-refractivity contribution in [2.75, 3.05) is 0 Å². The summed E-state index contributed by atoms with van der Waals surface area (Å²) in [6, 6.07) is 7.37. The molecule has 4 heteroatoms. The van der Waals surface area contributed by atoms with E-state index in [9.17, 15) is 8.42 Å². The second kappa shape index (κ2) is 4.42. The summed E-state index contributed by atoms with van der Waals surface area (Å²) in [6.07, 6.45) is 1.98. The van der Waals surface area contributed by atoms with Gasteiger partial charge in [0.2, 0.25) is 10.0 Å². The molecule has 2 rings (SSSR count). The first-order chi connectivity index (χ1) is 7.93. The molecule has 0 aromatic heterocycles. The van der Waals surface area contributed by atoms with E-state index in [4.69, 9.17) is 0 Å². The maximum Gasteiger partial charge on any atom is 0.243 e. The summed E-state index contributed by atoms with van der Waals surface area (Å²) >= 11 is 0. The summed E-state index contributed by atoms with van der Waals surface area (Å²) in [7, 11) is -3.33. The lowest BCUT2D eigenvalue weighted by Gasteiger charge is -2.25. The fraction of sp³-hybridized carbons (Fsp3) is 0.538. The number of aryl methyl sites for hydroxylation is 1. The maximum atomic E-state index is 12.5. The molecule has 0 spiro atoms. The van der Waals surface area contributed by atoms with Crippen molar-refractivity contribution < 1.29 is 8.42 Å². The molecule has 0 N–H and O–H groups in total. The molecule has 1 aromatic carbocycles. The van der Waals surface area contributed by atoms with E-state index in [1.54, 1.807) is 22.5 Å². The molecule has 1 aliphatic rings. The monoisotopic (exact) mass is 253 g/mol. The van der Waals surface area contributed by atoms with Gasteiger partial charge in [-0.2, -0.15) is 4.31 Å². The first kappa shape index (κ1) is 12.6. The first-order valence-corrected chi connectivity index (χ1v) is 7.47. The van der Waals surface area contributed by atoms with E-state index in [1.807, 2.05) is 26.8 Å². The normalized spacial score (nSPS) is 16.8. The predicted octanol–water partition coefficient (Wildman–Crippen LogP) is 2.56. The summed E-state index contributed by atoms with van der Waals surface area (Å²) < 4.78 is 26.7. The van der Waals surface area contributed by atoms with Crippen LogP contribution in [0.25, 0.3) is 0 Å². The molecule has 0 bridgehead atoms. The smallest absolute Gasteiger partial charge is 0.207 e. The zero-order valence-electron chi connectivity index (χ0n) is 10.6. The first-order valence-electron chi connectivity index (χ1n) is 6.03. The summed E-state index contributed by atoms with van der Waals surface area (Å²) in [4.78, 5) is 0.415. The lowest BCUT2D eigenvalue weighted by molar-refractivity contribution is 0.346. The van der Waals surface area contributed by atoms with Crippen molar-refractivity contribution in [1.29, 1.82) is 0 Å². The van der Waals surface area contributed by atoms with Gasteiger partial charge in [0.25, 0.3) is 0 Å². The minimum atomic E-state index is -3.33. The van der Waals surface area contributed by atoms with Gasteiger partial charge in [-0.05, 0) is 51.3 Å². The van der Waals surface area contributed by atoms with Crippen molar-refractivity contribution in [2.45, 2.75) is 50.6 Å². The van der Waals surface area contributed by atoms with Crippen molar-refractivity contribution >= 4 is 10.0 Å².